The van der Waals surface area contributed by atoms with E-state index in [-0.39, 0.29) is 11.3 Å². The molecule has 1 N–H and O–H groups in total. The predicted octanol–water partition coefficient (Wildman–Crippen LogP) is 4.48. The maximum atomic E-state index is 12.7. The van der Waals surface area contributed by atoms with Crippen LogP contribution in [-0.4, -0.2) is 30.5 Å². The number of carbonyl (C=O) groups excluding carboxylic acids is 1. The average molecular weight is 383 g/mol. The van der Waals surface area contributed by atoms with Crippen molar-refractivity contribution in [3.8, 4) is 5.75 Å². The molecule has 7 nitrogen and oxygen atoms in total. The number of amides is 1. The summed E-state index contributed by atoms with van der Waals surface area (Å²) in [6, 6.07) is 11.8. The maximum absolute atomic E-state index is 12.7. The van der Waals surface area contributed by atoms with Crippen LogP contribution in [0.5, 0.6) is 5.75 Å². The molecule has 0 radical (unpaired) electrons. The van der Waals surface area contributed by atoms with Crippen molar-refractivity contribution in [3.63, 3.8) is 0 Å². The first-order valence-corrected chi connectivity index (χ1v) is 9.56. The Morgan fingerprint density at radius 2 is 2.11 bits per heavy atom. The van der Waals surface area contributed by atoms with Crippen LogP contribution in [0.2, 0.25) is 0 Å². The zero-order valence-electron chi connectivity index (χ0n) is 16.2. The Hall–Kier alpha value is -3.09. The van der Waals surface area contributed by atoms with Crippen LogP contribution in [0.1, 0.15) is 37.0 Å². The lowest BCUT2D eigenvalue weighted by Gasteiger charge is -2.32. The molecule has 3 rings (SSSR count). The number of benzene rings is 2. The number of piperidine rings is 1. The third kappa shape index (κ3) is 4.42. The van der Waals surface area contributed by atoms with Gasteiger partial charge in [-0.25, -0.2) is 0 Å². The quantitative estimate of drug-likeness (QED) is 0.587. The summed E-state index contributed by atoms with van der Waals surface area (Å²) >= 11 is 0. The van der Waals surface area contributed by atoms with Gasteiger partial charge in [0.25, 0.3) is 11.6 Å². The molecule has 148 valence electrons. The van der Waals surface area contributed by atoms with Crippen LogP contribution >= 0.6 is 0 Å². The molecule has 2 aromatic rings. The summed E-state index contributed by atoms with van der Waals surface area (Å²) in [6.07, 6.45) is 2.14. The molecule has 0 saturated carbocycles. The predicted molar refractivity (Wildman–Crippen MR) is 109 cm³/mol. The number of nitrogens with zero attached hydrogens (tertiary/aromatic N) is 2. The molecule has 0 spiro atoms. The standard InChI is InChI=1S/C21H25N3O4/c1-3-28-20-9-5-4-8-17(20)22-21(25)16-10-11-18(19(13-16)24(26)27)23-12-6-7-15(2)14-23/h4-5,8-11,13,15H,3,6-7,12,14H2,1-2H3,(H,22,25)/t15-/m0/s1. The highest BCUT2D eigenvalue weighted by atomic mass is 16.6. The highest BCUT2D eigenvalue weighted by molar-refractivity contribution is 6.05. The van der Waals surface area contributed by atoms with E-state index in [4.69, 9.17) is 4.74 Å². The van der Waals surface area contributed by atoms with Gasteiger partial charge >= 0.3 is 0 Å². The van der Waals surface area contributed by atoms with Gasteiger partial charge in [-0.1, -0.05) is 19.1 Å². The molecule has 0 bridgehead atoms. The fraction of sp³-hybridized carbons (Fsp3) is 0.381. The van der Waals surface area contributed by atoms with Crippen molar-refractivity contribution in [2.75, 3.05) is 29.9 Å². The van der Waals surface area contributed by atoms with E-state index in [0.29, 0.717) is 29.6 Å². The number of rotatable bonds is 6. The first kappa shape index (κ1) is 19.7. The Bertz CT molecular complexity index is 868. The van der Waals surface area contributed by atoms with Gasteiger partial charge < -0.3 is 15.0 Å². The van der Waals surface area contributed by atoms with Crippen LogP contribution < -0.4 is 15.0 Å². The molecule has 7 heteroatoms. The number of carbonyl (C=O) groups is 1. The lowest BCUT2D eigenvalue weighted by molar-refractivity contribution is -0.384. The van der Waals surface area contributed by atoms with Crippen molar-refractivity contribution in [1.82, 2.24) is 0 Å². The first-order valence-electron chi connectivity index (χ1n) is 9.56. The van der Waals surface area contributed by atoms with Crippen molar-refractivity contribution < 1.29 is 14.5 Å². The lowest BCUT2D eigenvalue weighted by Crippen LogP contribution is -2.34. The van der Waals surface area contributed by atoms with E-state index in [0.717, 1.165) is 25.9 Å². The number of anilines is 2. The van der Waals surface area contributed by atoms with E-state index in [9.17, 15) is 14.9 Å². The van der Waals surface area contributed by atoms with Gasteiger partial charge in [0.05, 0.1) is 17.2 Å². The van der Waals surface area contributed by atoms with Gasteiger partial charge in [0.2, 0.25) is 0 Å². The maximum Gasteiger partial charge on any atom is 0.293 e. The summed E-state index contributed by atoms with van der Waals surface area (Å²) in [5.74, 6) is 0.645. The first-order chi connectivity index (χ1) is 13.5. The summed E-state index contributed by atoms with van der Waals surface area (Å²) < 4.78 is 5.51. The average Bonchev–Trinajstić information content (AvgIpc) is 2.69. The van der Waals surface area contributed by atoms with E-state index < -0.39 is 10.8 Å². The van der Waals surface area contributed by atoms with Gasteiger partial charge in [0.1, 0.15) is 11.4 Å². The molecule has 28 heavy (non-hydrogen) atoms. The fourth-order valence-corrected chi connectivity index (χ4v) is 3.53. The van der Waals surface area contributed by atoms with E-state index in [1.807, 2.05) is 17.9 Å². The van der Waals surface area contributed by atoms with Crippen molar-refractivity contribution in [2.24, 2.45) is 5.92 Å². The van der Waals surface area contributed by atoms with Gasteiger partial charge in [0.15, 0.2) is 0 Å². The van der Waals surface area contributed by atoms with E-state index in [1.54, 1.807) is 30.3 Å². The van der Waals surface area contributed by atoms with Crippen molar-refractivity contribution in [3.05, 3.63) is 58.1 Å². The lowest BCUT2D eigenvalue weighted by atomic mass is 9.99. The second kappa shape index (κ2) is 8.73. The molecule has 1 heterocycles. The number of ether oxygens (including phenoxy) is 1. The van der Waals surface area contributed by atoms with Crippen LogP contribution in [0.15, 0.2) is 42.5 Å². The number of hydrogen-bond donors (Lipinski definition) is 1. The van der Waals surface area contributed by atoms with Gasteiger partial charge in [0, 0.05) is 24.7 Å². The highest BCUT2D eigenvalue weighted by Crippen LogP contribution is 2.33. The topological polar surface area (TPSA) is 84.7 Å². The molecule has 1 aliphatic heterocycles. The third-order valence-corrected chi connectivity index (χ3v) is 4.87. The zero-order valence-corrected chi connectivity index (χ0v) is 16.2. The summed E-state index contributed by atoms with van der Waals surface area (Å²) in [7, 11) is 0. The summed E-state index contributed by atoms with van der Waals surface area (Å²) in [4.78, 5) is 26.0. The SMILES string of the molecule is CCOc1ccccc1NC(=O)c1ccc(N2CCC[C@H](C)C2)c([N+](=O)[O-])c1. The second-order valence-corrected chi connectivity index (χ2v) is 7.04. The minimum atomic E-state index is -0.417. The Balaban J connectivity index is 1.85. The van der Waals surface area contributed by atoms with Crippen LogP contribution in [0.3, 0.4) is 0 Å². The zero-order chi connectivity index (χ0) is 20.1. The molecular formula is C21H25N3O4. The number of nitro benzene ring substituents is 1. The van der Waals surface area contributed by atoms with Crippen molar-refractivity contribution in [1.29, 1.82) is 0 Å². The number of para-hydroxylation sites is 2. The molecule has 0 unspecified atom stereocenters. The fourth-order valence-electron chi connectivity index (χ4n) is 3.53. The molecule has 1 aliphatic rings. The van der Waals surface area contributed by atoms with Gasteiger partial charge in [-0.05, 0) is 49.9 Å². The molecular weight excluding hydrogens is 358 g/mol. The van der Waals surface area contributed by atoms with E-state index >= 15 is 0 Å². The largest absolute Gasteiger partial charge is 0.492 e. The number of hydrogen-bond acceptors (Lipinski definition) is 5. The third-order valence-electron chi connectivity index (χ3n) is 4.87. The minimum absolute atomic E-state index is 0.0418. The van der Waals surface area contributed by atoms with Crippen LogP contribution in [0, 0.1) is 16.0 Å². The van der Waals surface area contributed by atoms with E-state index in [2.05, 4.69) is 12.2 Å². The number of nitrogens with one attached hydrogen (secondary N) is 1. The van der Waals surface area contributed by atoms with Crippen LogP contribution in [0.25, 0.3) is 0 Å². The minimum Gasteiger partial charge on any atom is -0.492 e. The van der Waals surface area contributed by atoms with Crippen LogP contribution in [0.4, 0.5) is 17.1 Å². The smallest absolute Gasteiger partial charge is 0.293 e. The summed E-state index contributed by atoms with van der Waals surface area (Å²) in [6.45, 7) is 6.06. The van der Waals surface area contributed by atoms with Gasteiger partial charge in [-0.2, -0.15) is 0 Å². The summed E-state index contributed by atoms with van der Waals surface area (Å²) in [5.41, 5.74) is 1.31. The molecule has 1 saturated heterocycles. The highest BCUT2D eigenvalue weighted by Gasteiger charge is 2.25. The number of nitro groups is 1. The second-order valence-electron chi connectivity index (χ2n) is 7.04. The van der Waals surface area contributed by atoms with Gasteiger partial charge in [-0.15, -0.1) is 0 Å². The molecule has 0 aromatic heterocycles. The molecule has 1 amide bonds. The Labute approximate surface area is 164 Å². The van der Waals surface area contributed by atoms with E-state index in [1.165, 1.54) is 6.07 Å². The Morgan fingerprint density at radius 3 is 2.82 bits per heavy atom. The van der Waals surface area contributed by atoms with Crippen molar-refractivity contribution >= 4 is 23.0 Å². The molecule has 0 aliphatic carbocycles. The normalized spacial score (nSPS) is 16.5. The summed E-state index contributed by atoms with van der Waals surface area (Å²) in [5, 5.41) is 14.4. The van der Waals surface area contributed by atoms with Gasteiger partial charge in [-0.3, -0.25) is 14.9 Å². The Morgan fingerprint density at radius 1 is 1.32 bits per heavy atom. The molecule has 1 fully saturated rings. The van der Waals surface area contributed by atoms with Crippen LogP contribution in [-0.2, 0) is 0 Å². The van der Waals surface area contributed by atoms with Crippen molar-refractivity contribution in [2.45, 2.75) is 26.7 Å². The molecule has 1 atom stereocenters. The monoisotopic (exact) mass is 383 g/mol. The Kier molecular flexibility index (Phi) is 6.13. The molecule has 2 aromatic carbocycles.